The van der Waals surface area contributed by atoms with Crippen LogP contribution in [0.15, 0.2) is 82.8 Å². The van der Waals surface area contributed by atoms with Crippen LogP contribution in [0, 0.1) is 0 Å². The van der Waals surface area contributed by atoms with Gasteiger partial charge in [0.1, 0.15) is 0 Å². The fourth-order valence-corrected chi connectivity index (χ4v) is 10.1. The Labute approximate surface area is 453 Å². The molecule has 0 saturated carbocycles. The molecule has 0 aliphatic carbocycles. The predicted molar refractivity (Wildman–Crippen MR) is 319 cm³/mol. The van der Waals surface area contributed by atoms with Crippen molar-refractivity contribution in [1.29, 1.82) is 0 Å². The number of para-hydroxylation sites is 2. The third-order valence-electron chi connectivity index (χ3n) is 14.8. The van der Waals surface area contributed by atoms with Gasteiger partial charge in [-0.3, -0.25) is 9.98 Å². The molecule has 0 bridgehead atoms. The van der Waals surface area contributed by atoms with E-state index in [1.165, 1.54) is 268 Å². The third kappa shape index (κ3) is 42.8. The Morgan fingerprint density at radius 2 is 0.606 bits per heavy atom. The summed E-state index contributed by atoms with van der Waals surface area (Å²) in [5, 5.41) is 0. The molecule has 0 amide bonds. The zero-order valence-electron chi connectivity index (χ0n) is 47.5. The molecule has 2 nitrogen and oxygen atoms in total. The van der Waals surface area contributed by atoms with Gasteiger partial charge in [-0.1, -0.05) is 306 Å². The normalized spacial score (nSPS) is 12.1. The molecule has 2 aromatic rings. The molecule has 0 unspecified atom stereocenters. The van der Waals surface area contributed by atoms with E-state index in [0.29, 0.717) is 0 Å². The molecule has 408 valence electrons. The van der Waals surface area contributed by atoms with E-state index in [9.17, 15) is 0 Å². The van der Waals surface area contributed by atoms with Gasteiger partial charge in [0.15, 0.2) is 0 Å². The number of rotatable bonds is 52. The molecule has 0 radical (unpaired) electrons. The minimum atomic E-state index is 0. The van der Waals surface area contributed by atoms with Crippen LogP contribution >= 0.6 is 0 Å². The molecule has 0 spiro atoms. The van der Waals surface area contributed by atoms with Gasteiger partial charge in [0, 0.05) is 22.7 Å². The number of allylic oxidation sites excluding steroid dienone is 4. The van der Waals surface area contributed by atoms with E-state index >= 15 is 0 Å². The number of nitrogens with zero attached hydrogens (tertiary/aromatic N) is 2. The van der Waals surface area contributed by atoms with Crippen molar-refractivity contribution in [3.63, 3.8) is 0 Å². The minimum Gasteiger partial charge on any atom is -0.255 e. The summed E-state index contributed by atoms with van der Waals surface area (Å²) in [7, 11) is 0. The van der Waals surface area contributed by atoms with Gasteiger partial charge in [-0.15, -0.1) is 0 Å². The molecule has 3 heteroatoms. The topological polar surface area (TPSA) is 24.7 Å². The number of hydrogen-bond donors (Lipinski definition) is 0. The summed E-state index contributed by atoms with van der Waals surface area (Å²) in [6.45, 7) is 6.88. The Morgan fingerprint density at radius 1 is 0.324 bits per heavy atom. The second-order valence-electron chi connectivity index (χ2n) is 21.5. The van der Waals surface area contributed by atoms with Gasteiger partial charge < -0.3 is 0 Å². The smallest absolute Gasteiger partial charge is 0.0665 e. The van der Waals surface area contributed by atoms with E-state index in [0.717, 1.165) is 62.0 Å². The van der Waals surface area contributed by atoms with Crippen molar-refractivity contribution < 1.29 is 16.5 Å². The van der Waals surface area contributed by atoms with Crippen LogP contribution in [0.2, 0.25) is 0 Å². The Balaban J connectivity index is 0.0000252. The summed E-state index contributed by atoms with van der Waals surface area (Å²) in [4.78, 5) is 10.3. The van der Waals surface area contributed by atoms with Crippen molar-refractivity contribution in [3.8, 4) is 0 Å². The van der Waals surface area contributed by atoms with E-state index in [2.05, 4.69) is 99.8 Å². The van der Waals surface area contributed by atoms with E-state index < -0.39 is 0 Å². The van der Waals surface area contributed by atoms with Crippen molar-refractivity contribution in [3.05, 3.63) is 84.0 Å². The fourth-order valence-electron chi connectivity index (χ4n) is 10.1. The van der Waals surface area contributed by atoms with Crippen LogP contribution < -0.4 is 0 Å². The van der Waals surface area contributed by atoms with Gasteiger partial charge >= 0.3 is 0 Å². The molecule has 0 aliphatic rings. The fraction of sp³-hybridized carbons (Fsp3) is 0.735. The second-order valence-corrected chi connectivity index (χ2v) is 21.5. The first kappa shape index (κ1) is 66.8. The van der Waals surface area contributed by atoms with Crippen LogP contribution in [0.3, 0.4) is 0 Å². The summed E-state index contributed by atoms with van der Waals surface area (Å²) in [6, 6.07) is 17.5. The van der Waals surface area contributed by atoms with E-state index in [4.69, 9.17) is 9.98 Å². The molecule has 0 aliphatic heterocycles. The van der Waals surface area contributed by atoms with E-state index in [1.54, 1.807) is 0 Å². The summed E-state index contributed by atoms with van der Waals surface area (Å²) in [5.41, 5.74) is 6.01. The predicted octanol–water partition coefficient (Wildman–Crippen LogP) is 24.0. The second kappa shape index (κ2) is 54.0. The molecular weight excluding hydrogens is 903 g/mol. The molecule has 0 atom stereocenters. The molecule has 2 aromatic carbocycles. The third-order valence-corrected chi connectivity index (χ3v) is 14.8. The summed E-state index contributed by atoms with van der Waals surface area (Å²) in [6.07, 6.45) is 76.1. The number of hydrogen-bond acceptors (Lipinski definition) is 2. The van der Waals surface area contributed by atoms with Crippen LogP contribution in [0.5, 0.6) is 0 Å². The van der Waals surface area contributed by atoms with Gasteiger partial charge in [-0.25, -0.2) is 0 Å². The number of aryl methyl sites for hydroxylation is 2. The van der Waals surface area contributed by atoms with Crippen molar-refractivity contribution >= 4 is 23.3 Å². The molecule has 2 rings (SSSR count). The van der Waals surface area contributed by atoms with Crippen molar-refractivity contribution in [2.24, 2.45) is 9.98 Å². The van der Waals surface area contributed by atoms with Gasteiger partial charge in [0.05, 0.1) is 17.1 Å². The molecule has 71 heavy (non-hydrogen) atoms. The molecular formula is C68H116N2Ni. The maximum atomic E-state index is 5.25. The molecule has 0 saturated heterocycles. The van der Waals surface area contributed by atoms with Crippen LogP contribution in [0.4, 0.5) is 11.4 Å². The monoisotopic (exact) mass is 1020 g/mol. The van der Waals surface area contributed by atoms with Gasteiger partial charge in [-0.2, -0.15) is 0 Å². The summed E-state index contributed by atoms with van der Waals surface area (Å²) < 4.78 is 0. The van der Waals surface area contributed by atoms with Gasteiger partial charge in [-0.05, 0) is 100 Å². The van der Waals surface area contributed by atoms with Crippen molar-refractivity contribution in [2.45, 2.75) is 323 Å². The molecule has 0 N–H and O–H groups in total. The quantitative estimate of drug-likeness (QED) is 0.0273. The molecule has 0 heterocycles. The molecule has 0 aromatic heterocycles. The summed E-state index contributed by atoms with van der Waals surface area (Å²) in [5.74, 6) is 0. The maximum absolute atomic E-state index is 5.25. The Kier molecular flexibility index (Phi) is 50.8. The minimum absolute atomic E-state index is 0. The average molecular weight is 1020 g/mol. The Hall–Kier alpha value is -2.25. The van der Waals surface area contributed by atoms with Crippen molar-refractivity contribution in [1.82, 2.24) is 0 Å². The summed E-state index contributed by atoms with van der Waals surface area (Å²) >= 11 is 0. The van der Waals surface area contributed by atoms with Crippen molar-refractivity contribution in [2.75, 3.05) is 0 Å². The largest absolute Gasteiger partial charge is 0.255 e. The first-order chi connectivity index (χ1) is 34.8. The SMILES string of the molecule is CCCCCCCCCCCCCCCCCCCCC=CCCCc1ccccc1N=CC(CCCC)=Nc1ccccc1CCCC=CCCCCCCCCCCCCCCCCCCCC.[Ni]. The van der Waals surface area contributed by atoms with E-state index in [1.807, 2.05) is 0 Å². The van der Waals surface area contributed by atoms with Crippen LogP contribution in [0.1, 0.15) is 321 Å². The van der Waals surface area contributed by atoms with Crippen LogP contribution in [-0.4, -0.2) is 11.9 Å². The zero-order chi connectivity index (χ0) is 49.7. The number of unbranched alkanes of at least 4 members (excludes halogenated alkanes) is 39. The standard InChI is InChI=1S/C68H116N2.Ni/c1-4-7-10-12-14-16-18-20-22-24-26-28-30-32-34-36-38-40-42-44-46-48-50-56-64-58-52-54-61-67(64)69-63-66(60-9-6-3)70-68-62-55-53-59-65(68)57-51-49-47-45-43-41-39-37-35-33-31-29-27-25-23-21-19-17-15-13-11-8-5-2;/h44-47,52-55,58-59,61-63H,4-43,48-51,56-57,60H2,1-3H3;. The Bertz CT molecular complexity index is 1520. The molecule has 0 fully saturated rings. The first-order valence-electron chi connectivity index (χ1n) is 31.4. The first-order valence-corrected chi connectivity index (χ1v) is 31.4. The zero-order valence-corrected chi connectivity index (χ0v) is 48.4. The number of benzene rings is 2. The maximum Gasteiger partial charge on any atom is 0.0665 e. The average Bonchev–Trinajstić information content (AvgIpc) is 3.38. The van der Waals surface area contributed by atoms with Crippen LogP contribution in [-0.2, 0) is 29.3 Å². The van der Waals surface area contributed by atoms with E-state index in [-0.39, 0.29) is 16.5 Å². The Morgan fingerprint density at radius 3 is 0.958 bits per heavy atom. The van der Waals surface area contributed by atoms with Crippen LogP contribution in [0.25, 0.3) is 0 Å². The number of aliphatic imine (C=N–C) groups is 2. The van der Waals surface area contributed by atoms with Gasteiger partial charge in [0.2, 0.25) is 0 Å². The van der Waals surface area contributed by atoms with Gasteiger partial charge in [0.25, 0.3) is 0 Å².